The predicted molar refractivity (Wildman–Crippen MR) is 86.6 cm³/mol. The number of benzene rings is 2. The van der Waals surface area contributed by atoms with Crippen molar-refractivity contribution in [3.05, 3.63) is 53.8 Å². The Morgan fingerprint density at radius 1 is 1.12 bits per heavy atom. The number of nitrogens with one attached hydrogen (secondary N) is 1. The molecule has 0 saturated carbocycles. The molecule has 0 amide bonds. The van der Waals surface area contributed by atoms with Gasteiger partial charge in [-0.05, 0) is 24.3 Å². The summed E-state index contributed by atoms with van der Waals surface area (Å²) in [6.45, 7) is 0.409. The average molecular weight is 329 g/mol. The van der Waals surface area contributed by atoms with E-state index in [-0.39, 0.29) is 17.4 Å². The monoisotopic (exact) mass is 329 g/mol. The highest BCUT2D eigenvalue weighted by atomic mass is 19.1. The summed E-state index contributed by atoms with van der Waals surface area (Å²) >= 11 is 0. The van der Waals surface area contributed by atoms with Crippen LogP contribution >= 0.6 is 0 Å². The molecule has 6 nitrogen and oxygen atoms in total. The number of nitrogens with zero attached hydrogens (tertiary/aromatic N) is 2. The second kappa shape index (κ2) is 6.99. The first kappa shape index (κ1) is 15.8. The molecule has 0 unspecified atom stereocenters. The minimum Gasteiger partial charge on any atom is -0.497 e. The van der Waals surface area contributed by atoms with Crippen molar-refractivity contribution in [2.24, 2.45) is 0 Å². The molecule has 2 aromatic carbocycles. The van der Waals surface area contributed by atoms with Gasteiger partial charge in [0, 0.05) is 18.2 Å². The molecule has 0 radical (unpaired) electrons. The van der Waals surface area contributed by atoms with Crippen molar-refractivity contribution in [2.75, 3.05) is 19.5 Å². The van der Waals surface area contributed by atoms with E-state index in [1.807, 2.05) is 12.1 Å². The summed E-state index contributed by atoms with van der Waals surface area (Å²) in [7, 11) is 3.18. The average Bonchev–Trinajstić information content (AvgIpc) is 3.09. The van der Waals surface area contributed by atoms with E-state index in [1.165, 1.54) is 6.07 Å². The van der Waals surface area contributed by atoms with Crippen LogP contribution in [0.5, 0.6) is 11.5 Å². The van der Waals surface area contributed by atoms with Crippen molar-refractivity contribution >= 4 is 6.01 Å². The Hall–Kier alpha value is -3.09. The van der Waals surface area contributed by atoms with Gasteiger partial charge in [0.2, 0.25) is 5.82 Å². The Balaban J connectivity index is 1.73. The van der Waals surface area contributed by atoms with Crippen molar-refractivity contribution in [3.63, 3.8) is 0 Å². The number of rotatable bonds is 6. The van der Waals surface area contributed by atoms with Gasteiger partial charge in [-0.2, -0.15) is 4.98 Å². The number of hydrogen-bond acceptors (Lipinski definition) is 6. The number of hydrogen-bond donors (Lipinski definition) is 1. The molecule has 0 aliphatic heterocycles. The van der Waals surface area contributed by atoms with Crippen molar-refractivity contribution < 1.29 is 18.4 Å². The SMILES string of the molecule is COc1ccc(CNc2nc(-c3ccccc3F)no2)c(OC)c1. The van der Waals surface area contributed by atoms with Crippen LogP contribution in [-0.4, -0.2) is 24.4 Å². The normalized spacial score (nSPS) is 10.5. The second-order valence-corrected chi connectivity index (χ2v) is 4.93. The molecule has 1 aromatic heterocycles. The topological polar surface area (TPSA) is 69.4 Å². The number of anilines is 1. The highest BCUT2D eigenvalue weighted by Gasteiger charge is 2.13. The summed E-state index contributed by atoms with van der Waals surface area (Å²) in [6, 6.07) is 12.0. The van der Waals surface area contributed by atoms with Gasteiger partial charge in [-0.1, -0.05) is 17.3 Å². The minimum atomic E-state index is -0.401. The van der Waals surface area contributed by atoms with Gasteiger partial charge in [0.25, 0.3) is 0 Å². The Kier molecular flexibility index (Phi) is 4.60. The van der Waals surface area contributed by atoms with E-state index in [0.717, 1.165) is 5.56 Å². The summed E-state index contributed by atoms with van der Waals surface area (Å²) in [5.41, 5.74) is 1.18. The maximum absolute atomic E-state index is 13.7. The molecule has 0 spiro atoms. The summed E-state index contributed by atoms with van der Waals surface area (Å²) in [4.78, 5) is 4.15. The lowest BCUT2D eigenvalue weighted by molar-refractivity contribution is 0.391. The lowest BCUT2D eigenvalue weighted by Crippen LogP contribution is -2.02. The first-order chi connectivity index (χ1) is 11.7. The molecule has 24 heavy (non-hydrogen) atoms. The highest BCUT2D eigenvalue weighted by molar-refractivity contribution is 5.56. The lowest BCUT2D eigenvalue weighted by atomic mass is 10.2. The van der Waals surface area contributed by atoms with Crippen LogP contribution in [0.25, 0.3) is 11.4 Å². The number of halogens is 1. The second-order valence-electron chi connectivity index (χ2n) is 4.93. The van der Waals surface area contributed by atoms with Crippen molar-refractivity contribution in [1.29, 1.82) is 0 Å². The molecular weight excluding hydrogens is 313 g/mol. The van der Waals surface area contributed by atoms with Crippen LogP contribution in [0.15, 0.2) is 47.0 Å². The van der Waals surface area contributed by atoms with E-state index in [4.69, 9.17) is 14.0 Å². The fourth-order valence-electron chi connectivity index (χ4n) is 2.22. The van der Waals surface area contributed by atoms with Crippen LogP contribution in [0.4, 0.5) is 10.4 Å². The summed E-state index contributed by atoms with van der Waals surface area (Å²) in [5.74, 6) is 1.17. The standard InChI is InChI=1S/C17H16FN3O3/c1-22-12-8-7-11(15(9-12)23-2)10-19-17-20-16(21-24-17)13-5-3-4-6-14(13)18/h3-9H,10H2,1-2H3,(H,19,20,21). The van der Waals surface area contributed by atoms with Crippen molar-refractivity contribution in [1.82, 2.24) is 10.1 Å². The Morgan fingerprint density at radius 2 is 1.96 bits per heavy atom. The van der Waals surface area contributed by atoms with Crippen LogP contribution < -0.4 is 14.8 Å². The first-order valence-corrected chi connectivity index (χ1v) is 7.24. The van der Waals surface area contributed by atoms with E-state index in [2.05, 4.69) is 15.5 Å². The van der Waals surface area contributed by atoms with Gasteiger partial charge < -0.3 is 19.3 Å². The Morgan fingerprint density at radius 3 is 2.71 bits per heavy atom. The third-order valence-electron chi connectivity index (χ3n) is 3.47. The molecule has 0 bridgehead atoms. The molecule has 124 valence electrons. The fraction of sp³-hybridized carbons (Fsp3) is 0.176. The van der Waals surface area contributed by atoms with Crippen LogP contribution in [0.2, 0.25) is 0 Å². The number of aromatic nitrogens is 2. The van der Waals surface area contributed by atoms with Gasteiger partial charge in [-0.15, -0.1) is 0 Å². The van der Waals surface area contributed by atoms with Gasteiger partial charge in [-0.3, -0.25) is 0 Å². The van der Waals surface area contributed by atoms with Crippen LogP contribution in [0, 0.1) is 5.82 Å². The van der Waals surface area contributed by atoms with E-state index < -0.39 is 5.82 Å². The molecule has 0 saturated heterocycles. The molecule has 3 rings (SSSR count). The van der Waals surface area contributed by atoms with E-state index in [1.54, 1.807) is 38.5 Å². The largest absolute Gasteiger partial charge is 0.497 e. The maximum Gasteiger partial charge on any atom is 0.322 e. The lowest BCUT2D eigenvalue weighted by Gasteiger charge is -2.10. The summed E-state index contributed by atoms with van der Waals surface area (Å²) in [6.07, 6.45) is 0. The predicted octanol–water partition coefficient (Wildman–Crippen LogP) is 3.51. The Labute approximate surface area is 138 Å². The van der Waals surface area contributed by atoms with Gasteiger partial charge in [0.05, 0.1) is 19.8 Å². The van der Waals surface area contributed by atoms with Crippen LogP contribution in [0.1, 0.15) is 5.56 Å². The molecule has 0 fully saturated rings. The van der Waals surface area contributed by atoms with Crippen LogP contribution in [0.3, 0.4) is 0 Å². The molecule has 0 aliphatic rings. The molecule has 3 aromatic rings. The van der Waals surface area contributed by atoms with Gasteiger partial charge >= 0.3 is 6.01 Å². The van der Waals surface area contributed by atoms with E-state index >= 15 is 0 Å². The smallest absolute Gasteiger partial charge is 0.322 e. The molecule has 0 aliphatic carbocycles. The zero-order valence-corrected chi connectivity index (χ0v) is 13.2. The summed E-state index contributed by atoms with van der Waals surface area (Å²) in [5, 5.41) is 6.79. The molecular formula is C17H16FN3O3. The molecule has 7 heteroatoms. The first-order valence-electron chi connectivity index (χ1n) is 7.24. The zero-order chi connectivity index (χ0) is 16.9. The molecule has 1 heterocycles. The fourth-order valence-corrected chi connectivity index (χ4v) is 2.22. The summed E-state index contributed by atoms with van der Waals surface area (Å²) < 4.78 is 29.3. The molecule has 0 atom stereocenters. The maximum atomic E-state index is 13.7. The van der Waals surface area contributed by atoms with Crippen molar-refractivity contribution in [2.45, 2.75) is 6.54 Å². The highest BCUT2D eigenvalue weighted by Crippen LogP contribution is 2.26. The molecule has 1 N–H and O–H groups in total. The van der Waals surface area contributed by atoms with Crippen molar-refractivity contribution in [3.8, 4) is 22.9 Å². The number of methoxy groups -OCH3 is 2. The van der Waals surface area contributed by atoms with Gasteiger partial charge in [0.15, 0.2) is 0 Å². The van der Waals surface area contributed by atoms with Gasteiger partial charge in [-0.25, -0.2) is 4.39 Å². The third-order valence-corrected chi connectivity index (χ3v) is 3.47. The zero-order valence-electron chi connectivity index (χ0n) is 13.2. The van der Waals surface area contributed by atoms with Crippen LogP contribution in [-0.2, 0) is 6.54 Å². The Bertz CT molecular complexity index is 835. The third kappa shape index (κ3) is 3.29. The van der Waals surface area contributed by atoms with E-state index in [9.17, 15) is 4.39 Å². The number of ether oxygens (including phenoxy) is 2. The quantitative estimate of drug-likeness (QED) is 0.746. The van der Waals surface area contributed by atoms with E-state index in [0.29, 0.717) is 18.0 Å². The minimum absolute atomic E-state index is 0.192. The van der Waals surface area contributed by atoms with Gasteiger partial charge in [0.1, 0.15) is 17.3 Å².